The van der Waals surface area contributed by atoms with E-state index in [0.717, 1.165) is 16.7 Å². The van der Waals surface area contributed by atoms with Crippen LogP contribution in [0.15, 0.2) is 24.3 Å². The highest BCUT2D eigenvalue weighted by Crippen LogP contribution is 2.28. The number of para-hydroxylation sites is 2. The van der Waals surface area contributed by atoms with Gasteiger partial charge in [0.15, 0.2) is 11.5 Å². The van der Waals surface area contributed by atoms with Gasteiger partial charge in [-0.3, -0.25) is 4.40 Å². The fraction of sp³-hybridized carbons (Fsp3) is 0.333. The van der Waals surface area contributed by atoms with Crippen molar-refractivity contribution in [3.8, 4) is 5.88 Å². The van der Waals surface area contributed by atoms with Crippen LogP contribution in [0.2, 0.25) is 0 Å². The molecule has 0 atom stereocenters. The monoisotopic (exact) mass is 286 g/mol. The Bertz CT molecular complexity index is 782. The summed E-state index contributed by atoms with van der Waals surface area (Å²) in [5.74, 6) is 1.06. The molecule has 21 heavy (non-hydrogen) atoms. The zero-order chi connectivity index (χ0) is 14.8. The molecule has 0 aliphatic rings. The lowest BCUT2D eigenvalue weighted by molar-refractivity contribution is 0.128. The third kappa shape index (κ3) is 2.27. The van der Waals surface area contributed by atoms with E-state index in [2.05, 4.69) is 9.97 Å². The molecule has 2 aromatic heterocycles. The van der Waals surface area contributed by atoms with Gasteiger partial charge in [0.2, 0.25) is 5.88 Å². The van der Waals surface area contributed by atoms with E-state index in [1.807, 2.05) is 42.5 Å². The van der Waals surface area contributed by atoms with E-state index < -0.39 is 0 Å². The Morgan fingerprint density at radius 2 is 1.95 bits per heavy atom. The Hall–Kier alpha value is -2.34. The highest BCUT2D eigenvalue weighted by atomic mass is 16.5. The Balaban J connectivity index is 2.32. The van der Waals surface area contributed by atoms with Gasteiger partial charge >= 0.3 is 0 Å². The van der Waals surface area contributed by atoms with Crippen molar-refractivity contribution in [3.63, 3.8) is 0 Å². The van der Waals surface area contributed by atoms with Crippen LogP contribution in [-0.4, -0.2) is 27.6 Å². The van der Waals surface area contributed by atoms with E-state index >= 15 is 0 Å². The van der Waals surface area contributed by atoms with E-state index in [-0.39, 0.29) is 0 Å². The average molecular weight is 286 g/mol. The average Bonchev–Trinajstić information content (AvgIpc) is 2.85. The molecular weight excluding hydrogens is 268 g/mol. The van der Waals surface area contributed by atoms with E-state index in [1.165, 1.54) is 0 Å². The van der Waals surface area contributed by atoms with Gasteiger partial charge in [0, 0.05) is 6.61 Å². The first kappa shape index (κ1) is 13.6. The molecule has 110 valence electrons. The first-order chi connectivity index (χ1) is 10.3. The van der Waals surface area contributed by atoms with Crippen LogP contribution in [0.1, 0.15) is 19.5 Å². The van der Waals surface area contributed by atoms with Crippen molar-refractivity contribution in [1.82, 2.24) is 14.4 Å². The zero-order valence-corrected chi connectivity index (χ0v) is 12.2. The van der Waals surface area contributed by atoms with E-state index in [9.17, 15) is 0 Å². The molecule has 3 rings (SSSR count). The number of benzene rings is 1. The summed E-state index contributed by atoms with van der Waals surface area (Å²) in [7, 11) is 0. The molecule has 3 aromatic rings. The van der Waals surface area contributed by atoms with Crippen LogP contribution in [0, 0.1) is 0 Å². The second-order valence-corrected chi connectivity index (χ2v) is 4.58. The molecule has 0 spiro atoms. The Morgan fingerprint density at radius 1 is 1.14 bits per heavy atom. The lowest BCUT2D eigenvalue weighted by atomic mass is 10.3. The van der Waals surface area contributed by atoms with Crippen LogP contribution in [0.4, 0.5) is 5.82 Å². The van der Waals surface area contributed by atoms with Gasteiger partial charge in [-0.2, -0.15) is 0 Å². The fourth-order valence-electron chi connectivity index (χ4n) is 2.35. The molecule has 2 N–H and O–H groups in total. The topological polar surface area (TPSA) is 74.7 Å². The van der Waals surface area contributed by atoms with Crippen molar-refractivity contribution < 1.29 is 9.47 Å². The molecule has 0 saturated heterocycles. The standard InChI is InChI=1S/C15H18N4O2/c1-3-20-9-11-15(21-4-2)19-12-8-6-5-7-10(12)17-13(16)14(19)18-11/h5-8H,3-4,9H2,1-2H3,(H2,16,17). The molecule has 6 nitrogen and oxygen atoms in total. The van der Waals surface area contributed by atoms with Gasteiger partial charge in [-0.1, -0.05) is 12.1 Å². The van der Waals surface area contributed by atoms with Crippen molar-refractivity contribution in [3.05, 3.63) is 30.0 Å². The minimum absolute atomic E-state index is 0.386. The summed E-state index contributed by atoms with van der Waals surface area (Å²) in [5.41, 5.74) is 9.11. The number of rotatable bonds is 5. The second kappa shape index (κ2) is 5.57. The van der Waals surface area contributed by atoms with Crippen molar-refractivity contribution in [1.29, 1.82) is 0 Å². The molecule has 0 amide bonds. The molecule has 0 aliphatic heterocycles. The van der Waals surface area contributed by atoms with Gasteiger partial charge in [0.05, 0.1) is 24.2 Å². The predicted octanol–water partition coefficient (Wildman–Crippen LogP) is 2.40. The summed E-state index contributed by atoms with van der Waals surface area (Å²) in [6, 6.07) is 7.78. The summed E-state index contributed by atoms with van der Waals surface area (Å²) in [5, 5.41) is 0. The normalized spacial score (nSPS) is 11.3. The molecule has 2 heterocycles. The predicted molar refractivity (Wildman–Crippen MR) is 81.4 cm³/mol. The number of anilines is 1. The van der Waals surface area contributed by atoms with Crippen LogP contribution >= 0.6 is 0 Å². The lowest BCUT2D eigenvalue weighted by Crippen LogP contribution is -2.02. The Labute approximate surface area is 122 Å². The summed E-state index contributed by atoms with van der Waals surface area (Å²) in [6.07, 6.45) is 0. The summed E-state index contributed by atoms with van der Waals surface area (Å²) < 4.78 is 13.2. The maximum atomic E-state index is 6.04. The van der Waals surface area contributed by atoms with E-state index in [4.69, 9.17) is 15.2 Å². The van der Waals surface area contributed by atoms with Gasteiger partial charge in [0.1, 0.15) is 5.69 Å². The number of hydrogen-bond acceptors (Lipinski definition) is 5. The summed E-state index contributed by atoms with van der Waals surface area (Å²) in [4.78, 5) is 8.94. The number of aromatic nitrogens is 3. The first-order valence-electron chi connectivity index (χ1n) is 7.02. The molecule has 0 saturated carbocycles. The highest BCUT2D eigenvalue weighted by molar-refractivity contribution is 5.83. The number of imidazole rings is 1. The number of nitrogen functional groups attached to an aromatic ring is 1. The van der Waals surface area contributed by atoms with Gasteiger partial charge in [-0.15, -0.1) is 0 Å². The molecule has 0 bridgehead atoms. The van der Waals surface area contributed by atoms with E-state index in [0.29, 0.717) is 37.2 Å². The van der Waals surface area contributed by atoms with Crippen molar-refractivity contribution in [2.24, 2.45) is 0 Å². The van der Waals surface area contributed by atoms with Crippen LogP contribution in [0.25, 0.3) is 16.7 Å². The van der Waals surface area contributed by atoms with Crippen LogP contribution < -0.4 is 10.5 Å². The van der Waals surface area contributed by atoms with Crippen molar-refractivity contribution >= 4 is 22.5 Å². The highest BCUT2D eigenvalue weighted by Gasteiger charge is 2.18. The Morgan fingerprint density at radius 3 is 2.71 bits per heavy atom. The maximum absolute atomic E-state index is 6.04. The number of nitrogens with two attached hydrogens (primary N) is 1. The minimum atomic E-state index is 0.386. The SMILES string of the molecule is CCOCc1nc2c(N)nc3ccccc3n2c1OCC. The van der Waals surface area contributed by atoms with E-state index in [1.54, 1.807) is 0 Å². The first-order valence-corrected chi connectivity index (χ1v) is 7.02. The largest absolute Gasteiger partial charge is 0.477 e. The number of ether oxygens (including phenoxy) is 2. The minimum Gasteiger partial charge on any atom is -0.477 e. The van der Waals surface area contributed by atoms with Crippen molar-refractivity contribution in [2.45, 2.75) is 20.5 Å². The van der Waals surface area contributed by atoms with Gasteiger partial charge in [0.25, 0.3) is 0 Å². The molecule has 0 unspecified atom stereocenters. The fourth-order valence-corrected chi connectivity index (χ4v) is 2.35. The maximum Gasteiger partial charge on any atom is 0.224 e. The van der Waals surface area contributed by atoms with Gasteiger partial charge in [-0.05, 0) is 26.0 Å². The number of fused-ring (bicyclic) bond motifs is 3. The number of hydrogen-bond donors (Lipinski definition) is 1. The summed E-state index contributed by atoms with van der Waals surface area (Å²) >= 11 is 0. The van der Waals surface area contributed by atoms with Crippen LogP contribution in [0.3, 0.4) is 0 Å². The van der Waals surface area contributed by atoms with Crippen LogP contribution in [-0.2, 0) is 11.3 Å². The molecule has 1 aromatic carbocycles. The third-order valence-electron chi connectivity index (χ3n) is 3.22. The Kier molecular flexibility index (Phi) is 3.62. The quantitative estimate of drug-likeness (QED) is 0.779. The van der Waals surface area contributed by atoms with Crippen molar-refractivity contribution in [2.75, 3.05) is 18.9 Å². The van der Waals surface area contributed by atoms with Gasteiger partial charge < -0.3 is 15.2 Å². The molecular formula is C15H18N4O2. The molecule has 0 aliphatic carbocycles. The molecule has 6 heteroatoms. The smallest absolute Gasteiger partial charge is 0.224 e. The van der Waals surface area contributed by atoms with Gasteiger partial charge in [-0.25, -0.2) is 9.97 Å². The second-order valence-electron chi connectivity index (χ2n) is 4.58. The lowest BCUT2D eigenvalue weighted by Gasteiger charge is -2.08. The third-order valence-corrected chi connectivity index (χ3v) is 3.22. The molecule has 0 fully saturated rings. The number of nitrogens with zero attached hydrogens (tertiary/aromatic N) is 3. The summed E-state index contributed by atoms with van der Waals surface area (Å²) in [6.45, 7) is 5.44. The zero-order valence-electron chi connectivity index (χ0n) is 12.2. The van der Waals surface area contributed by atoms with Crippen LogP contribution in [0.5, 0.6) is 5.88 Å². The molecule has 0 radical (unpaired) electrons.